The highest BCUT2D eigenvalue weighted by atomic mass is 16.6. The third-order valence-electron chi connectivity index (χ3n) is 3.67. The number of hydrogen-bond donors (Lipinski definition) is 1. The summed E-state index contributed by atoms with van der Waals surface area (Å²) in [6.45, 7) is 0.292. The molecule has 2 N–H and O–H groups in total. The quantitative estimate of drug-likeness (QED) is 0.851. The van der Waals surface area contributed by atoms with Gasteiger partial charge in [-0.15, -0.1) is 0 Å². The van der Waals surface area contributed by atoms with Crippen LogP contribution in [0.2, 0.25) is 0 Å². The van der Waals surface area contributed by atoms with E-state index in [4.69, 9.17) is 19.9 Å². The molecule has 1 aliphatic heterocycles. The average Bonchev–Trinajstić information content (AvgIpc) is 2.61. The summed E-state index contributed by atoms with van der Waals surface area (Å²) in [4.78, 5) is 23.0. The Hall–Kier alpha value is -3.02. The molecule has 6 nitrogen and oxygen atoms in total. The third kappa shape index (κ3) is 3.65. The van der Waals surface area contributed by atoms with Gasteiger partial charge in [0.2, 0.25) is 5.91 Å². The molecule has 6 heteroatoms. The van der Waals surface area contributed by atoms with Gasteiger partial charge in [-0.1, -0.05) is 18.2 Å². The lowest BCUT2D eigenvalue weighted by Gasteiger charge is -2.25. The van der Waals surface area contributed by atoms with Crippen molar-refractivity contribution in [3.05, 3.63) is 59.7 Å². The molecule has 1 unspecified atom stereocenters. The molecule has 0 aliphatic carbocycles. The Morgan fingerprint density at radius 2 is 1.88 bits per heavy atom. The number of fused-ring (bicyclic) bond motifs is 1. The van der Waals surface area contributed by atoms with Crippen LogP contribution in [-0.2, 0) is 9.53 Å². The fourth-order valence-corrected chi connectivity index (χ4v) is 2.48. The number of rotatable bonds is 5. The number of benzene rings is 2. The molecular weight excluding hydrogens is 310 g/mol. The maximum absolute atomic E-state index is 12.0. The predicted molar refractivity (Wildman–Crippen MR) is 85.8 cm³/mol. The highest BCUT2D eigenvalue weighted by Crippen LogP contribution is 2.34. The number of primary amides is 1. The van der Waals surface area contributed by atoms with E-state index in [0.717, 1.165) is 11.3 Å². The molecule has 1 aliphatic rings. The highest BCUT2D eigenvalue weighted by Gasteiger charge is 2.24. The van der Waals surface area contributed by atoms with Gasteiger partial charge in [0.05, 0.1) is 6.61 Å². The van der Waals surface area contributed by atoms with Crippen molar-refractivity contribution < 1.29 is 23.8 Å². The molecule has 0 fully saturated rings. The van der Waals surface area contributed by atoms with Gasteiger partial charge < -0.3 is 19.9 Å². The standard InChI is InChI=1S/C18H17NO5/c19-18(21)12-5-7-13(8-6-12)23-11-17(20)24-16-9-10-22-15-4-2-1-3-14(15)16/h1-8,16H,9-11H2,(H2,19,21). The second-order valence-electron chi connectivity index (χ2n) is 5.33. The fourth-order valence-electron chi connectivity index (χ4n) is 2.48. The minimum absolute atomic E-state index is 0.213. The van der Waals surface area contributed by atoms with E-state index in [2.05, 4.69) is 0 Å². The monoisotopic (exact) mass is 327 g/mol. The summed E-state index contributed by atoms with van der Waals surface area (Å²) in [5.74, 6) is 0.226. The van der Waals surface area contributed by atoms with Gasteiger partial charge in [0.25, 0.3) is 0 Å². The second-order valence-corrected chi connectivity index (χ2v) is 5.33. The van der Waals surface area contributed by atoms with Crippen molar-refractivity contribution in [2.24, 2.45) is 5.73 Å². The number of carbonyl (C=O) groups is 2. The number of nitrogens with two attached hydrogens (primary N) is 1. The molecule has 0 saturated carbocycles. The summed E-state index contributed by atoms with van der Waals surface area (Å²) in [7, 11) is 0. The van der Waals surface area contributed by atoms with E-state index in [1.54, 1.807) is 12.1 Å². The Bertz CT molecular complexity index is 741. The molecule has 0 radical (unpaired) electrons. The van der Waals surface area contributed by atoms with Crippen LogP contribution in [0.1, 0.15) is 28.4 Å². The van der Waals surface area contributed by atoms with Crippen LogP contribution in [0.3, 0.4) is 0 Å². The zero-order valence-electron chi connectivity index (χ0n) is 12.9. The molecule has 2 aromatic rings. The first-order valence-electron chi connectivity index (χ1n) is 7.57. The van der Waals surface area contributed by atoms with Crippen molar-refractivity contribution in [2.75, 3.05) is 13.2 Å². The third-order valence-corrected chi connectivity index (χ3v) is 3.67. The van der Waals surface area contributed by atoms with E-state index in [1.165, 1.54) is 12.1 Å². The molecule has 24 heavy (non-hydrogen) atoms. The SMILES string of the molecule is NC(=O)c1ccc(OCC(=O)OC2CCOc3ccccc32)cc1. The summed E-state index contributed by atoms with van der Waals surface area (Å²) in [6.07, 6.45) is 0.277. The van der Waals surface area contributed by atoms with Gasteiger partial charge in [-0.2, -0.15) is 0 Å². The van der Waals surface area contributed by atoms with E-state index >= 15 is 0 Å². The van der Waals surface area contributed by atoms with E-state index in [0.29, 0.717) is 24.3 Å². The lowest BCUT2D eigenvalue weighted by molar-refractivity contribution is -0.153. The van der Waals surface area contributed by atoms with E-state index in [-0.39, 0.29) is 12.7 Å². The molecule has 1 atom stereocenters. The normalized spacial score (nSPS) is 15.8. The zero-order valence-corrected chi connectivity index (χ0v) is 12.9. The summed E-state index contributed by atoms with van der Waals surface area (Å²) < 4.78 is 16.4. The maximum atomic E-state index is 12.0. The Kier molecular flexibility index (Phi) is 4.65. The van der Waals surface area contributed by atoms with Crippen LogP contribution in [0.25, 0.3) is 0 Å². The molecule has 124 valence electrons. The molecule has 0 spiro atoms. The van der Waals surface area contributed by atoms with E-state index < -0.39 is 11.9 Å². The van der Waals surface area contributed by atoms with Gasteiger partial charge in [0, 0.05) is 17.5 Å². The minimum atomic E-state index is -0.515. The lowest BCUT2D eigenvalue weighted by Crippen LogP contribution is -2.22. The number of para-hydroxylation sites is 1. The Labute approximate surface area is 139 Å². The second kappa shape index (κ2) is 7.04. The van der Waals surface area contributed by atoms with Crippen LogP contribution in [0.4, 0.5) is 0 Å². The first-order chi connectivity index (χ1) is 11.6. The van der Waals surface area contributed by atoms with Crippen LogP contribution in [0.15, 0.2) is 48.5 Å². The first kappa shape index (κ1) is 15.9. The van der Waals surface area contributed by atoms with Gasteiger partial charge in [0.15, 0.2) is 6.61 Å². The number of amides is 1. The topological polar surface area (TPSA) is 87.9 Å². The molecule has 0 aromatic heterocycles. The lowest BCUT2D eigenvalue weighted by atomic mass is 10.0. The van der Waals surface area contributed by atoms with Gasteiger partial charge in [-0.25, -0.2) is 4.79 Å². The van der Waals surface area contributed by atoms with Crippen molar-refractivity contribution in [3.63, 3.8) is 0 Å². The van der Waals surface area contributed by atoms with Crippen LogP contribution in [0.5, 0.6) is 11.5 Å². The molecule has 1 heterocycles. The Balaban J connectivity index is 1.56. The van der Waals surface area contributed by atoms with E-state index in [1.807, 2.05) is 24.3 Å². The zero-order chi connectivity index (χ0) is 16.9. The van der Waals surface area contributed by atoms with Crippen LogP contribution in [-0.4, -0.2) is 25.1 Å². The first-order valence-corrected chi connectivity index (χ1v) is 7.57. The van der Waals surface area contributed by atoms with Crippen molar-refractivity contribution in [1.29, 1.82) is 0 Å². The maximum Gasteiger partial charge on any atom is 0.344 e. The summed E-state index contributed by atoms with van der Waals surface area (Å²) >= 11 is 0. The summed E-state index contributed by atoms with van der Waals surface area (Å²) in [5.41, 5.74) is 6.41. The summed E-state index contributed by atoms with van der Waals surface area (Å²) in [6, 6.07) is 13.7. The summed E-state index contributed by atoms with van der Waals surface area (Å²) in [5, 5.41) is 0. The van der Waals surface area contributed by atoms with Gasteiger partial charge >= 0.3 is 5.97 Å². The van der Waals surface area contributed by atoms with Crippen LogP contribution in [0, 0.1) is 0 Å². The van der Waals surface area contributed by atoms with Crippen molar-refractivity contribution in [2.45, 2.75) is 12.5 Å². The molecule has 3 rings (SSSR count). The Morgan fingerprint density at radius 3 is 2.62 bits per heavy atom. The van der Waals surface area contributed by atoms with Crippen LogP contribution < -0.4 is 15.2 Å². The highest BCUT2D eigenvalue weighted by molar-refractivity contribution is 5.92. The Morgan fingerprint density at radius 1 is 1.12 bits per heavy atom. The number of carbonyl (C=O) groups excluding carboxylic acids is 2. The fraction of sp³-hybridized carbons (Fsp3) is 0.222. The smallest absolute Gasteiger partial charge is 0.344 e. The van der Waals surface area contributed by atoms with Gasteiger partial charge in [0.1, 0.15) is 17.6 Å². The predicted octanol–water partition coefficient (Wildman–Crippen LogP) is 2.23. The van der Waals surface area contributed by atoms with Crippen molar-refractivity contribution >= 4 is 11.9 Å². The largest absolute Gasteiger partial charge is 0.493 e. The minimum Gasteiger partial charge on any atom is -0.493 e. The number of ether oxygens (including phenoxy) is 3. The van der Waals surface area contributed by atoms with Crippen LogP contribution >= 0.6 is 0 Å². The average molecular weight is 327 g/mol. The van der Waals surface area contributed by atoms with Crippen molar-refractivity contribution in [1.82, 2.24) is 0 Å². The van der Waals surface area contributed by atoms with Crippen molar-refractivity contribution in [3.8, 4) is 11.5 Å². The number of hydrogen-bond acceptors (Lipinski definition) is 5. The number of esters is 1. The molecule has 1 amide bonds. The molecule has 0 saturated heterocycles. The van der Waals surface area contributed by atoms with Gasteiger partial charge in [-0.3, -0.25) is 4.79 Å². The molecular formula is C18H17NO5. The molecule has 2 aromatic carbocycles. The van der Waals surface area contributed by atoms with Gasteiger partial charge in [-0.05, 0) is 30.3 Å². The van der Waals surface area contributed by atoms with E-state index in [9.17, 15) is 9.59 Å². The molecule has 0 bridgehead atoms.